The smallest absolute Gasteiger partial charge is 0.225 e. The van der Waals surface area contributed by atoms with Crippen molar-refractivity contribution in [2.75, 3.05) is 38.9 Å². The van der Waals surface area contributed by atoms with E-state index in [9.17, 15) is 13.2 Å². The molecule has 0 spiro atoms. The van der Waals surface area contributed by atoms with Crippen LogP contribution in [0.3, 0.4) is 0 Å². The number of methoxy groups -OCH3 is 2. The summed E-state index contributed by atoms with van der Waals surface area (Å²) in [5.41, 5.74) is 0.410. The largest absolute Gasteiger partial charge is 0.495 e. The molecular formula is C16H25ClN2O5S. The summed E-state index contributed by atoms with van der Waals surface area (Å²) in [6.45, 7) is 2.51. The van der Waals surface area contributed by atoms with Gasteiger partial charge in [0.05, 0.1) is 31.2 Å². The van der Waals surface area contributed by atoms with Gasteiger partial charge in [-0.15, -0.1) is 0 Å². The van der Waals surface area contributed by atoms with Crippen molar-refractivity contribution in [3.05, 3.63) is 17.2 Å². The fourth-order valence-electron chi connectivity index (χ4n) is 2.18. The van der Waals surface area contributed by atoms with Gasteiger partial charge in [-0.2, -0.15) is 0 Å². The summed E-state index contributed by atoms with van der Waals surface area (Å²) in [5, 5.41) is 3.06. The maximum absolute atomic E-state index is 12.2. The van der Waals surface area contributed by atoms with E-state index in [0.717, 1.165) is 19.1 Å². The molecule has 7 nitrogen and oxygen atoms in total. The molecule has 0 radical (unpaired) electrons. The summed E-state index contributed by atoms with van der Waals surface area (Å²) in [4.78, 5) is 12.2. The Morgan fingerprint density at radius 1 is 1.20 bits per heavy atom. The lowest BCUT2D eigenvalue weighted by Gasteiger charge is -2.19. The molecule has 25 heavy (non-hydrogen) atoms. The van der Waals surface area contributed by atoms with Gasteiger partial charge in [-0.3, -0.25) is 4.79 Å². The molecule has 9 heteroatoms. The van der Waals surface area contributed by atoms with Crippen LogP contribution in [-0.2, 0) is 14.8 Å². The number of nitrogens with one attached hydrogen (secondary N) is 1. The van der Waals surface area contributed by atoms with Crippen LogP contribution >= 0.6 is 11.6 Å². The zero-order chi connectivity index (χ0) is 19.0. The van der Waals surface area contributed by atoms with Crippen molar-refractivity contribution in [1.82, 2.24) is 4.31 Å². The molecule has 0 heterocycles. The van der Waals surface area contributed by atoms with Crippen molar-refractivity contribution < 1.29 is 22.7 Å². The third kappa shape index (κ3) is 6.72. The first-order chi connectivity index (χ1) is 11.7. The molecular weight excluding hydrogens is 368 g/mol. The van der Waals surface area contributed by atoms with E-state index in [2.05, 4.69) is 5.32 Å². The highest BCUT2D eigenvalue weighted by molar-refractivity contribution is 7.88. The molecule has 0 atom stereocenters. The predicted octanol–water partition coefficient (Wildman–Crippen LogP) is 2.75. The van der Waals surface area contributed by atoms with E-state index in [1.807, 2.05) is 6.92 Å². The van der Waals surface area contributed by atoms with E-state index < -0.39 is 10.0 Å². The third-order valence-corrected chi connectivity index (χ3v) is 5.16. The molecule has 0 aromatic heterocycles. The summed E-state index contributed by atoms with van der Waals surface area (Å²) < 4.78 is 35.2. The number of amides is 1. The second kappa shape index (κ2) is 9.84. The van der Waals surface area contributed by atoms with Crippen molar-refractivity contribution in [2.24, 2.45) is 0 Å². The molecule has 0 unspecified atom stereocenters. The molecule has 1 rings (SSSR count). The molecule has 0 aliphatic rings. The minimum absolute atomic E-state index is 0.0326. The Balaban J connectivity index is 2.79. The van der Waals surface area contributed by atoms with Gasteiger partial charge in [-0.25, -0.2) is 12.7 Å². The predicted molar refractivity (Wildman–Crippen MR) is 99.1 cm³/mol. The first-order valence-corrected chi connectivity index (χ1v) is 10.1. The van der Waals surface area contributed by atoms with Crippen LogP contribution in [0.1, 0.15) is 26.2 Å². The van der Waals surface area contributed by atoms with Gasteiger partial charge in [0.2, 0.25) is 15.9 Å². The van der Waals surface area contributed by atoms with Gasteiger partial charge in [0, 0.05) is 31.6 Å². The molecule has 0 saturated heterocycles. The van der Waals surface area contributed by atoms with E-state index in [1.54, 1.807) is 12.1 Å². The highest BCUT2D eigenvalue weighted by Crippen LogP contribution is 2.35. The molecule has 0 aliphatic carbocycles. The SMILES string of the molecule is CCCCN(CCC(=O)Nc1cc(OC)c(Cl)cc1OC)S(C)(=O)=O. The normalized spacial score (nSPS) is 11.4. The molecule has 142 valence electrons. The minimum Gasteiger partial charge on any atom is -0.495 e. The van der Waals surface area contributed by atoms with Gasteiger partial charge < -0.3 is 14.8 Å². The second-order valence-electron chi connectivity index (χ2n) is 5.50. The fourth-order valence-corrected chi connectivity index (χ4v) is 3.29. The first-order valence-electron chi connectivity index (χ1n) is 7.89. The van der Waals surface area contributed by atoms with Crippen LogP contribution in [0.4, 0.5) is 5.69 Å². The molecule has 1 N–H and O–H groups in total. The zero-order valence-electron chi connectivity index (χ0n) is 15.0. The van der Waals surface area contributed by atoms with Gasteiger partial charge in [0.15, 0.2) is 0 Å². The molecule has 0 saturated carbocycles. The molecule has 0 fully saturated rings. The van der Waals surface area contributed by atoms with Crippen molar-refractivity contribution in [2.45, 2.75) is 26.2 Å². The Hall–Kier alpha value is -1.51. The Bertz CT molecular complexity index is 694. The summed E-state index contributed by atoms with van der Waals surface area (Å²) >= 11 is 6.03. The quantitative estimate of drug-likeness (QED) is 0.661. The van der Waals surface area contributed by atoms with Crippen molar-refractivity contribution >= 4 is 33.2 Å². The summed E-state index contributed by atoms with van der Waals surface area (Å²) in [6, 6.07) is 3.10. The van der Waals surface area contributed by atoms with E-state index in [4.69, 9.17) is 21.1 Å². The molecule has 1 amide bonds. The number of unbranched alkanes of at least 4 members (excludes halogenated alkanes) is 1. The van der Waals surface area contributed by atoms with Gasteiger partial charge in [-0.05, 0) is 6.42 Å². The monoisotopic (exact) mass is 392 g/mol. The van der Waals surface area contributed by atoms with E-state index in [-0.39, 0.29) is 18.9 Å². The van der Waals surface area contributed by atoms with Gasteiger partial charge in [-0.1, -0.05) is 24.9 Å². The fraction of sp³-hybridized carbons (Fsp3) is 0.562. The number of rotatable bonds is 10. The number of nitrogens with zero attached hydrogens (tertiary/aromatic N) is 1. The second-order valence-corrected chi connectivity index (χ2v) is 7.89. The molecule has 0 aliphatic heterocycles. The Labute approximate surface area is 154 Å². The maximum atomic E-state index is 12.2. The third-order valence-electron chi connectivity index (χ3n) is 3.57. The number of sulfonamides is 1. The maximum Gasteiger partial charge on any atom is 0.225 e. The lowest BCUT2D eigenvalue weighted by molar-refractivity contribution is -0.116. The minimum atomic E-state index is -3.34. The van der Waals surface area contributed by atoms with Crippen LogP contribution in [0, 0.1) is 0 Å². The summed E-state index contributed by atoms with van der Waals surface area (Å²) in [7, 11) is -0.412. The Morgan fingerprint density at radius 3 is 2.36 bits per heavy atom. The topological polar surface area (TPSA) is 84.9 Å². The molecule has 1 aromatic carbocycles. The summed E-state index contributed by atoms with van der Waals surface area (Å²) in [6.07, 6.45) is 2.80. The highest BCUT2D eigenvalue weighted by atomic mass is 35.5. The highest BCUT2D eigenvalue weighted by Gasteiger charge is 2.18. The summed E-state index contributed by atoms with van der Waals surface area (Å²) in [5.74, 6) is 0.469. The van der Waals surface area contributed by atoms with Gasteiger partial charge in [0.1, 0.15) is 11.5 Å². The van der Waals surface area contributed by atoms with Crippen LogP contribution in [0.5, 0.6) is 11.5 Å². The number of anilines is 1. The number of halogens is 1. The van der Waals surface area contributed by atoms with Crippen molar-refractivity contribution in [3.63, 3.8) is 0 Å². The van der Waals surface area contributed by atoms with Gasteiger partial charge in [0.25, 0.3) is 0 Å². The number of hydrogen-bond acceptors (Lipinski definition) is 5. The Morgan fingerprint density at radius 2 is 1.84 bits per heavy atom. The lowest BCUT2D eigenvalue weighted by atomic mass is 10.2. The van der Waals surface area contributed by atoms with Crippen LogP contribution < -0.4 is 14.8 Å². The van der Waals surface area contributed by atoms with E-state index in [1.165, 1.54) is 18.5 Å². The van der Waals surface area contributed by atoms with Crippen molar-refractivity contribution in [3.8, 4) is 11.5 Å². The number of carbonyl (C=O) groups is 1. The number of benzene rings is 1. The Kier molecular flexibility index (Phi) is 8.47. The van der Waals surface area contributed by atoms with Crippen molar-refractivity contribution in [1.29, 1.82) is 0 Å². The number of ether oxygens (including phenoxy) is 2. The van der Waals surface area contributed by atoms with Crippen LogP contribution in [0.25, 0.3) is 0 Å². The van der Waals surface area contributed by atoms with E-state index in [0.29, 0.717) is 28.8 Å². The lowest BCUT2D eigenvalue weighted by Crippen LogP contribution is -2.33. The number of hydrogen-bond donors (Lipinski definition) is 1. The van der Waals surface area contributed by atoms with E-state index >= 15 is 0 Å². The molecule has 1 aromatic rings. The van der Waals surface area contributed by atoms with Crippen LogP contribution in [0.2, 0.25) is 5.02 Å². The first kappa shape index (κ1) is 21.5. The average molecular weight is 393 g/mol. The van der Waals surface area contributed by atoms with Gasteiger partial charge >= 0.3 is 0 Å². The number of carbonyl (C=O) groups excluding carboxylic acids is 1. The standard InChI is InChI=1S/C16H25ClN2O5S/c1-5-6-8-19(25(4,21)22)9-7-16(20)18-13-11-14(23-2)12(17)10-15(13)24-3/h10-11H,5-9H2,1-4H3,(H,18,20). The zero-order valence-corrected chi connectivity index (χ0v) is 16.5. The van der Waals surface area contributed by atoms with Crippen LogP contribution in [0.15, 0.2) is 12.1 Å². The average Bonchev–Trinajstić information content (AvgIpc) is 2.54. The van der Waals surface area contributed by atoms with Crippen LogP contribution in [-0.4, -0.2) is 52.2 Å². The molecule has 0 bridgehead atoms.